The van der Waals surface area contributed by atoms with E-state index in [2.05, 4.69) is 39.2 Å². The summed E-state index contributed by atoms with van der Waals surface area (Å²) in [5, 5.41) is 4.40. The van der Waals surface area contributed by atoms with Crippen LogP contribution in [0, 0.1) is 0 Å². The topological polar surface area (TPSA) is 37.6 Å². The quantitative estimate of drug-likeness (QED) is 0.671. The fourth-order valence-electron chi connectivity index (χ4n) is 2.90. The Morgan fingerprint density at radius 2 is 1.95 bits per heavy atom. The molecule has 1 amide bonds. The summed E-state index contributed by atoms with van der Waals surface area (Å²) in [6.07, 6.45) is 2.76. The highest BCUT2D eigenvalue weighted by Crippen LogP contribution is 2.21. The van der Waals surface area contributed by atoms with Gasteiger partial charge >= 0.3 is 0 Å². The van der Waals surface area contributed by atoms with Gasteiger partial charge in [-0.3, -0.25) is 4.79 Å². The number of hydrogen-bond acceptors (Lipinski definition) is 2. The van der Waals surface area contributed by atoms with E-state index in [-0.39, 0.29) is 5.91 Å². The Morgan fingerprint density at radius 1 is 1.14 bits per heavy atom. The number of rotatable bonds is 1. The second kappa shape index (κ2) is 5.25. The average Bonchev–Trinajstić information content (AvgIpc) is 2.96. The zero-order chi connectivity index (χ0) is 15.1. The van der Waals surface area contributed by atoms with Crippen molar-refractivity contribution in [1.82, 2.24) is 14.5 Å². The number of amides is 1. The first-order chi connectivity index (χ1) is 10.7. The molecule has 0 atom stereocenters. The number of carbonyl (C=O) groups excluding carboxylic acids is 1. The molecule has 0 N–H and O–H groups in total. The van der Waals surface area contributed by atoms with Gasteiger partial charge in [0.15, 0.2) is 5.69 Å². The molecule has 0 bridgehead atoms. The largest absolute Gasteiger partial charge is 0.333 e. The second-order valence-electron chi connectivity index (χ2n) is 5.49. The van der Waals surface area contributed by atoms with E-state index in [4.69, 9.17) is 0 Å². The summed E-state index contributed by atoms with van der Waals surface area (Å²) in [7, 11) is 0. The lowest BCUT2D eigenvalue weighted by molar-refractivity contribution is 0.0728. The van der Waals surface area contributed by atoms with E-state index in [9.17, 15) is 4.79 Å². The predicted octanol–water partition coefficient (Wildman–Crippen LogP) is 3.30. The number of benzene rings is 1. The number of pyridine rings is 1. The molecule has 0 fully saturated rings. The number of aromatic nitrogens is 2. The van der Waals surface area contributed by atoms with Crippen molar-refractivity contribution < 1.29 is 4.79 Å². The van der Waals surface area contributed by atoms with E-state index in [1.165, 1.54) is 11.1 Å². The number of fused-ring (bicyclic) bond motifs is 2. The van der Waals surface area contributed by atoms with Crippen LogP contribution in [0.2, 0.25) is 0 Å². The molecular formula is C17H14BrN3O. The molecule has 0 spiro atoms. The number of hydrogen-bond donors (Lipinski definition) is 0. The molecule has 2 aromatic heterocycles. The molecule has 1 aromatic carbocycles. The number of halogens is 1. The van der Waals surface area contributed by atoms with Crippen molar-refractivity contribution in [3.8, 4) is 0 Å². The highest BCUT2D eigenvalue weighted by atomic mass is 79.9. The van der Waals surface area contributed by atoms with Gasteiger partial charge in [0.05, 0.1) is 5.52 Å². The number of carbonyl (C=O) groups is 1. The summed E-state index contributed by atoms with van der Waals surface area (Å²) in [5.41, 5.74) is 3.99. The van der Waals surface area contributed by atoms with Crippen LogP contribution in [0.3, 0.4) is 0 Å². The van der Waals surface area contributed by atoms with Crippen LogP contribution in [-0.2, 0) is 13.0 Å². The maximum absolute atomic E-state index is 12.7. The van der Waals surface area contributed by atoms with E-state index < -0.39 is 0 Å². The van der Waals surface area contributed by atoms with E-state index >= 15 is 0 Å². The molecule has 4 nitrogen and oxygen atoms in total. The molecule has 0 unspecified atom stereocenters. The minimum Gasteiger partial charge on any atom is -0.333 e. The molecule has 22 heavy (non-hydrogen) atoms. The Hall–Kier alpha value is -2.14. The van der Waals surface area contributed by atoms with Gasteiger partial charge in [-0.15, -0.1) is 0 Å². The summed E-state index contributed by atoms with van der Waals surface area (Å²) in [6, 6.07) is 14.0. The summed E-state index contributed by atoms with van der Waals surface area (Å²) in [6.45, 7) is 1.40. The Bertz CT molecular complexity index is 871. The smallest absolute Gasteiger partial charge is 0.274 e. The normalized spacial score (nSPS) is 14.1. The second-order valence-corrected chi connectivity index (χ2v) is 6.41. The van der Waals surface area contributed by atoms with Crippen molar-refractivity contribution in [1.29, 1.82) is 0 Å². The molecule has 1 aliphatic rings. The summed E-state index contributed by atoms with van der Waals surface area (Å²) in [4.78, 5) is 14.6. The van der Waals surface area contributed by atoms with Crippen LogP contribution < -0.4 is 0 Å². The first-order valence-corrected chi connectivity index (χ1v) is 8.01. The molecule has 3 aromatic rings. The Balaban J connectivity index is 1.64. The predicted molar refractivity (Wildman–Crippen MR) is 87.8 cm³/mol. The lowest BCUT2D eigenvalue weighted by atomic mass is 10.00. The van der Waals surface area contributed by atoms with E-state index in [1.54, 1.807) is 4.52 Å². The fraction of sp³-hybridized carbons (Fsp3) is 0.176. The first kappa shape index (κ1) is 13.5. The van der Waals surface area contributed by atoms with Crippen LogP contribution >= 0.6 is 15.9 Å². The zero-order valence-electron chi connectivity index (χ0n) is 11.9. The monoisotopic (exact) mass is 355 g/mol. The third-order valence-corrected chi connectivity index (χ3v) is 4.53. The Kier molecular flexibility index (Phi) is 3.22. The van der Waals surface area contributed by atoms with Crippen molar-refractivity contribution in [2.24, 2.45) is 0 Å². The molecule has 5 heteroatoms. The lowest BCUT2D eigenvalue weighted by Crippen LogP contribution is -2.36. The summed E-state index contributed by atoms with van der Waals surface area (Å²) >= 11 is 3.42. The van der Waals surface area contributed by atoms with Crippen LogP contribution in [0.1, 0.15) is 21.6 Å². The Morgan fingerprint density at radius 3 is 2.82 bits per heavy atom. The molecule has 0 saturated heterocycles. The molecule has 0 radical (unpaired) electrons. The van der Waals surface area contributed by atoms with Gasteiger partial charge < -0.3 is 4.90 Å². The van der Waals surface area contributed by atoms with Crippen molar-refractivity contribution in [2.75, 3.05) is 6.54 Å². The highest BCUT2D eigenvalue weighted by Gasteiger charge is 2.23. The van der Waals surface area contributed by atoms with Gasteiger partial charge in [-0.05, 0) is 51.7 Å². The van der Waals surface area contributed by atoms with Gasteiger partial charge in [0.1, 0.15) is 0 Å². The van der Waals surface area contributed by atoms with Gasteiger partial charge in [0.2, 0.25) is 0 Å². The molecule has 0 saturated carbocycles. The fourth-order valence-corrected chi connectivity index (χ4v) is 3.22. The third-order valence-electron chi connectivity index (χ3n) is 4.06. The first-order valence-electron chi connectivity index (χ1n) is 7.22. The molecule has 1 aliphatic heterocycles. The van der Waals surface area contributed by atoms with E-state index in [1.807, 2.05) is 35.4 Å². The van der Waals surface area contributed by atoms with Crippen LogP contribution in [0.15, 0.2) is 53.1 Å². The standard InChI is InChI=1S/C17H14BrN3O/c18-14-5-6-15-9-16(19-21(15)11-14)17(22)20-8-7-12-3-1-2-4-13(12)10-20/h1-6,9,11H,7-8,10H2. The van der Waals surface area contributed by atoms with Gasteiger partial charge in [-0.2, -0.15) is 5.10 Å². The van der Waals surface area contributed by atoms with Crippen molar-refractivity contribution >= 4 is 27.4 Å². The minimum atomic E-state index is -0.00525. The van der Waals surface area contributed by atoms with Gasteiger partial charge in [-0.1, -0.05) is 24.3 Å². The summed E-state index contributed by atoms with van der Waals surface area (Å²) < 4.78 is 2.67. The average molecular weight is 356 g/mol. The van der Waals surface area contributed by atoms with Crippen molar-refractivity contribution in [3.05, 3.63) is 70.0 Å². The molecule has 4 rings (SSSR count). The SMILES string of the molecule is O=C(c1cc2ccc(Br)cn2n1)N1CCc2ccccc2C1. The molecule has 0 aliphatic carbocycles. The maximum atomic E-state index is 12.7. The maximum Gasteiger partial charge on any atom is 0.274 e. The number of nitrogens with zero attached hydrogens (tertiary/aromatic N) is 3. The minimum absolute atomic E-state index is 0.00525. The van der Waals surface area contributed by atoms with Crippen LogP contribution in [0.5, 0.6) is 0 Å². The third kappa shape index (κ3) is 2.31. The van der Waals surface area contributed by atoms with Crippen LogP contribution in [-0.4, -0.2) is 27.0 Å². The van der Waals surface area contributed by atoms with E-state index in [0.29, 0.717) is 12.2 Å². The molecule has 110 valence electrons. The summed E-state index contributed by atoms with van der Waals surface area (Å²) in [5.74, 6) is -0.00525. The van der Waals surface area contributed by atoms with Crippen LogP contribution in [0.25, 0.3) is 5.52 Å². The van der Waals surface area contributed by atoms with E-state index in [0.717, 1.165) is 23.0 Å². The highest BCUT2D eigenvalue weighted by molar-refractivity contribution is 9.10. The molecule has 3 heterocycles. The molecular weight excluding hydrogens is 342 g/mol. The van der Waals surface area contributed by atoms with Crippen molar-refractivity contribution in [3.63, 3.8) is 0 Å². The van der Waals surface area contributed by atoms with Crippen molar-refractivity contribution in [2.45, 2.75) is 13.0 Å². The zero-order valence-corrected chi connectivity index (χ0v) is 13.5. The Labute approximate surface area is 136 Å². The van der Waals surface area contributed by atoms with Crippen LogP contribution in [0.4, 0.5) is 0 Å². The van der Waals surface area contributed by atoms with Gasteiger partial charge in [-0.25, -0.2) is 4.52 Å². The van der Waals surface area contributed by atoms with Gasteiger partial charge in [0, 0.05) is 23.8 Å². The van der Waals surface area contributed by atoms with Gasteiger partial charge in [0.25, 0.3) is 5.91 Å². The lowest BCUT2D eigenvalue weighted by Gasteiger charge is -2.28.